The molecule has 3 rings (SSSR count). The zero-order valence-corrected chi connectivity index (χ0v) is 14.0. The molecule has 2 N–H and O–H groups in total. The minimum Gasteiger partial charge on any atom is -0.497 e. The molecule has 0 fully saturated rings. The molecule has 6 heteroatoms. The number of methoxy groups -OCH3 is 1. The number of para-hydroxylation sites is 2. The molecule has 0 aromatic heterocycles. The van der Waals surface area contributed by atoms with E-state index < -0.39 is 6.10 Å². The molecular weight excluding hydrogens is 320 g/mol. The third-order valence-corrected chi connectivity index (χ3v) is 3.97. The first-order valence-corrected chi connectivity index (χ1v) is 8.12. The fourth-order valence-electron chi connectivity index (χ4n) is 2.61. The van der Waals surface area contributed by atoms with Crippen LogP contribution in [0.3, 0.4) is 0 Å². The van der Waals surface area contributed by atoms with Crippen molar-refractivity contribution in [2.75, 3.05) is 19.0 Å². The van der Waals surface area contributed by atoms with Crippen LogP contribution < -0.4 is 20.1 Å². The SMILES string of the molecule is COc1ccc(CCNC(=O)CC2Oc3ccccc3NC2=O)cc1. The van der Waals surface area contributed by atoms with Crippen LogP contribution in [0.15, 0.2) is 48.5 Å². The minimum absolute atomic E-state index is 0.0111. The maximum absolute atomic E-state index is 12.1. The van der Waals surface area contributed by atoms with Gasteiger partial charge in [-0.25, -0.2) is 0 Å². The zero-order chi connectivity index (χ0) is 17.6. The van der Waals surface area contributed by atoms with Crippen molar-refractivity contribution in [3.8, 4) is 11.5 Å². The van der Waals surface area contributed by atoms with E-state index in [0.717, 1.165) is 11.3 Å². The summed E-state index contributed by atoms with van der Waals surface area (Å²) >= 11 is 0. The van der Waals surface area contributed by atoms with E-state index in [0.29, 0.717) is 24.4 Å². The van der Waals surface area contributed by atoms with E-state index in [4.69, 9.17) is 9.47 Å². The maximum Gasteiger partial charge on any atom is 0.266 e. The second-order valence-corrected chi connectivity index (χ2v) is 5.74. The Morgan fingerprint density at radius 2 is 1.96 bits per heavy atom. The van der Waals surface area contributed by atoms with E-state index in [2.05, 4.69) is 10.6 Å². The Hall–Kier alpha value is -3.02. The Bertz CT molecular complexity index is 758. The molecule has 2 aromatic carbocycles. The average Bonchev–Trinajstić information content (AvgIpc) is 2.63. The molecular formula is C19H20N2O4. The van der Waals surface area contributed by atoms with Crippen LogP contribution in [0, 0.1) is 0 Å². The predicted molar refractivity (Wildman–Crippen MR) is 93.8 cm³/mol. The number of ether oxygens (including phenoxy) is 2. The van der Waals surface area contributed by atoms with E-state index in [9.17, 15) is 9.59 Å². The van der Waals surface area contributed by atoms with Gasteiger partial charge in [0.25, 0.3) is 5.91 Å². The second kappa shape index (κ2) is 7.70. The van der Waals surface area contributed by atoms with Crippen molar-refractivity contribution in [2.24, 2.45) is 0 Å². The molecule has 0 aliphatic carbocycles. The number of hydrogen-bond donors (Lipinski definition) is 2. The smallest absolute Gasteiger partial charge is 0.266 e. The van der Waals surface area contributed by atoms with E-state index in [1.54, 1.807) is 19.2 Å². The summed E-state index contributed by atoms with van der Waals surface area (Å²) in [6, 6.07) is 14.8. The van der Waals surface area contributed by atoms with Crippen LogP contribution in [0.2, 0.25) is 0 Å². The first-order chi connectivity index (χ1) is 12.2. The molecule has 1 atom stereocenters. The largest absolute Gasteiger partial charge is 0.497 e. The molecule has 0 saturated carbocycles. The Morgan fingerprint density at radius 3 is 2.72 bits per heavy atom. The number of amides is 2. The first-order valence-electron chi connectivity index (χ1n) is 8.12. The Morgan fingerprint density at radius 1 is 1.20 bits per heavy atom. The Balaban J connectivity index is 1.47. The fraction of sp³-hybridized carbons (Fsp3) is 0.263. The highest BCUT2D eigenvalue weighted by Crippen LogP contribution is 2.29. The highest BCUT2D eigenvalue weighted by atomic mass is 16.5. The molecule has 0 spiro atoms. The summed E-state index contributed by atoms with van der Waals surface area (Å²) in [6.07, 6.45) is -0.116. The number of carbonyl (C=O) groups is 2. The van der Waals surface area contributed by atoms with Gasteiger partial charge in [-0.3, -0.25) is 9.59 Å². The highest BCUT2D eigenvalue weighted by Gasteiger charge is 2.29. The molecule has 2 amide bonds. The third kappa shape index (κ3) is 4.29. The van der Waals surface area contributed by atoms with Gasteiger partial charge >= 0.3 is 0 Å². The van der Waals surface area contributed by atoms with E-state index >= 15 is 0 Å². The van der Waals surface area contributed by atoms with Gasteiger partial charge in [-0.15, -0.1) is 0 Å². The molecule has 1 heterocycles. The number of fused-ring (bicyclic) bond motifs is 1. The summed E-state index contributed by atoms with van der Waals surface area (Å²) in [5.74, 6) is 0.865. The summed E-state index contributed by atoms with van der Waals surface area (Å²) in [6.45, 7) is 0.496. The molecule has 0 bridgehead atoms. The van der Waals surface area contributed by atoms with Gasteiger partial charge in [-0.2, -0.15) is 0 Å². The first kappa shape index (κ1) is 16.8. The van der Waals surface area contributed by atoms with Crippen molar-refractivity contribution >= 4 is 17.5 Å². The molecule has 1 unspecified atom stereocenters. The topological polar surface area (TPSA) is 76.7 Å². The lowest BCUT2D eigenvalue weighted by Gasteiger charge is -2.25. The van der Waals surface area contributed by atoms with Crippen molar-refractivity contribution in [3.63, 3.8) is 0 Å². The monoisotopic (exact) mass is 340 g/mol. The molecule has 1 aliphatic rings. The van der Waals surface area contributed by atoms with E-state index in [1.807, 2.05) is 36.4 Å². The van der Waals surface area contributed by atoms with Gasteiger partial charge in [0.2, 0.25) is 5.91 Å². The zero-order valence-electron chi connectivity index (χ0n) is 14.0. The van der Waals surface area contributed by atoms with Gasteiger partial charge in [0.05, 0.1) is 19.2 Å². The summed E-state index contributed by atoms with van der Waals surface area (Å²) < 4.78 is 10.7. The Kier molecular flexibility index (Phi) is 5.18. The van der Waals surface area contributed by atoms with Crippen LogP contribution in [0.4, 0.5) is 5.69 Å². The van der Waals surface area contributed by atoms with E-state index in [1.165, 1.54) is 0 Å². The maximum atomic E-state index is 12.1. The molecule has 0 saturated heterocycles. The third-order valence-electron chi connectivity index (χ3n) is 3.97. The van der Waals surface area contributed by atoms with Gasteiger partial charge in [-0.05, 0) is 36.2 Å². The number of benzene rings is 2. The summed E-state index contributed by atoms with van der Waals surface area (Å²) in [5.41, 5.74) is 1.73. The van der Waals surface area contributed by atoms with Gasteiger partial charge in [-0.1, -0.05) is 24.3 Å². The second-order valence-electron chi connectivity index (χ2n) is 5.74. The van der Waals surface area contributed by atoms with Gasteiger partial charge in [0, 0.05) is 6.54 Å². The highest BCUT2D eigenvalue weighted by molar-refractivity contribution is 5.99. The lowest BCUT2D eigenvalue weighted by Crippen LogP contribution is -2.41. The summed E-state index contributed by atoms with van der Waals surface area (Å²) in [4.78, 5) is 24.1. The predicted octanol–water partition coefficient (Wildman–Crippen LogP) is 2.14. The lowest BCUT2D eigenvalue weighted by atomic mass is 10.1. The number of anilines is 1. The molecule has 0 radical (unpaired) electrons. The minimum atomic E-state index is -0.809. The van der Waals surface area contributed by atoms with Gasteiger partial charge in [0.15, 0.2) is 6.10 Å². The van der Waals surface area contributed by atoms with Crippen LogP contribution in [0.25, 0.3) is 0 Å². The van der Waals surface area contributed by atoms with Crippen LogP contribution in [0.1, 0.15) is 12.0 Å². The lowest BCUT2D eigenvalue weighted by molar-refractivity contribution is -0.130. The van der Waals surface area contributed by atoms with E-state index in [-0.39, 0.29) is 18.2 Å². The van der Waals surface area contributed by atoms with Crippen LogP contribution in [0.5, 0.6) is 11.5 Å². The average molecular weight is 340 g/mol. The summed E-state index contributed by atoms with van der Waals surface area (Å²) in [7, 11) is 1.62. The number of rotatable bonds is 6. The van der Waals surface area contributed by atoms with Crippen LogP contribution in [-0.4, -0.2) is 31.6 Å². The van der Waals surface area contributed by atoms with Gasteiger partial charge < -0.3 is 20.1 Å². The number of nitrogens with one attached hydrogen (secondary N) is 2. The fourth-order valence-corrected chi connectivity index (χ4v) is 2.61. The van der Waals surface area contributed by atoms with Crippen LogP contribution in [-0.2, 0) is 16.0 Å². The van der Waals surface area contributed by atoms with Crippen molar-refractivity contribution in [1.82, 2.24) is 5.32 Å². The molecule has 6 nitrogen and oxygen atoms in total. The molecule has 130 valence electrons. The Labute approximate surface area is 146 Å². The number of hydrogen-bond acceptors (Lipinski definition) is 4. The molecule has 2 aromatic rings. The van der Waals surface area contributed by atoms with Crippen molar-refractivity contribution in [3.05, 3.63) is 54.1 Å². The van der Waals surface area contributed by atoms with Crippen LogP contribution >= 0.6 is 0 Å². The van der Waals surface area contributed by atoms with Crippen molar-refractivity contribution in [1.29, 1.82) is 0 Å². The molecule has 25 heavy (non-hydrogen) atoms. The van der Waals surface area contributed by atoms with Crippen molar-refractivity contribution < 1.29 is 19.1 Å². The van der Waals surface area contributed by atoms with Crippen molar-refractivity contribution in [2.45, 2.75) is 18.9 Å². The summed E-state index contributed by atoms with van der Waals surface area (Å²) in [5, 5.41) is 5.57. The van der Waals surface area contributed by atoms with Gasteiger partial charge in [0.1, 0.15) is 11.5 Å². The number of carbonyl (C=O) groups excluding carboxylic acids is 2. The quantitative estimate of drug-likeness (QED) is 0.845. The standard InChI is InChI=1S/C19H20N2O4/c1-24-14-8-6-13(7-9-14)10-11-20-18(22)12-17-19(23)21-15-4-2-3-5-16(15)25-17/h2-9,17H,10-12H2,1H3,(H,20,22)(H,21,23). The molecule has 1 aliphatic heterocycles. The normalized spacial score (nSPS) is 15.6.